The first kappa shape index (κ1) is 9.45. The second kappa shape index (κ2) is 3.56. The van der Waals surface area contributed by atoms with Crippen LogP contribution in [0.3, 0.4) is 0 Å². The van der Waals surface area contributed by atoms with Gasteiger partial charge in [-0.05, 0) is 30.9 Å². The average molecular weight is 188 g/mol. The Bertz CT molecular complexity index is 365. The summed E-state index contributed by atoms with van der Waals surface area (Å²) in [6, 6.07) is 6.25. The van der Waals surface area contributed by atoms with E-state index in [1.807, 2.05) is 13.0 Å². The second-order valence-corrected chi connectivity index (χ2v) is 4.27. The molecule has 74 valence electrons. The van der Waals surface area contributed by atoms with E-state index in [4.69, 9.17) is 0 Å². The summed E-state index contributed by atoms with van der Waals surface area (Å²) in [5.74, 6) is 0.902. The maximum Gasteiger partial charge on any atom is 0.163 e. The lowest BCUT2D eigenvalue weighted by Gasteiger charge is -2.22. The molecule has 0 heterocycles. The minimum Gasteiger partial charge on any atom is -0.294 e. The van der Waals surface area contributed by atoms with Gasteiger partial charge in [0.2, 0.25) is 0 Å². The zero-order valence-electron chi connectivity index (χ0n) is 8.84. The molecule has 0 bridgehead atoms. The molecule has 1 unspecified atom stereocenters. The highest BCUT2D eigenvalue weighted by atomic mass is 16.1. The van der Waals surface area contributed by atoms with Gasteiger partial charge in [0.25, 0.3) is 0 Å². The maximum atomic E-state index is 11.8. The van der Waals surface area contributed by atoms with Crippen LogP contribution in [0.5, 0.6) is 0 Å². The summed E-state index contributed by atoms with van der Waals surface area (Å²) < 4.78 is 0. The van der Waals surface area contributed by atoms with Crippen molar-refractivity contribution in [3.05, 3.63) is 34.9 Å². The van der Waals surface area contributed by atoms with Crippen LogP contribution in [0.1, 0.15) is 41.3 Å². The molecule has 0 amide bonds. The van der Waals surface area contributed by atoms with Crippen LogP contribution >= 0.6 is 0 Å². The van der Waals surface area contributed by atoms with Crippen LogP contribution in [0.15, 0.2) is 18.2 Å². The molecule has 1 aromatic rings. The summed E-state index contributed by atoms with van der Waals surface area (Å²) in [7, 11) is 0. The van der Waals surface area contributed by atoms with Gasteiger partial charge in [0.1, 0.15) is 0 Å². The Labute approximate surface area is 85.1 Å². The van der Waals surface area contributed by atoms with Gasteiger partial charge in [-0.3, -0.25) is 4.79 Å². The Kier molecular flexibility index (Phi) is 2.40. The van der Waals surface area contributed by atoms with Crippen LogP contribution < -0.4 is 0 Å². The van der Waals surface area contributed by atoms with Crippen molar-refractivity contribution in [1.82, 2.24) is 0 Å². The van der Waals surface area contributed by atoms with Gasteiger partial charge in [-0.25, -0.2) is 0 Å². The van der Waals surface area contributed by atoms with Gasteiger partial charge in [-0.2, -0.15) is 0 Å². The van der Waals surface area contributed by atoms with Crippen molar-refractivity contribution in [3.8, 4) is 0 Å². The highest BCUT2D eigenvalue weighted by Crippen LogP contribution is 2.27. The first-order chi connectivity index (χ1) is 6.70. The minimum absolute atomic E-state index is 0.335. The van der Waals surface area contributed by atoms with E-state index in [1.54, 1.807) is 0 Å². The molecule has 0 saturated carbocycles. The van der Waals surface area contributed by atoms with Gasteiger partial charge in [-0.15, -0.1) is 0 Å². The van der Waals surface area contributed by atoms with Crippen molar-refractivity contribution in [2.75, 3.05) is 0 Å². The number of aryl methyl sites for hydroxylation is 1. The Hall–Kier alpha value is -1.11. The monoisotopic (exact) mass is 188 g/mol. The fourth-order valence-electron chi connectivity index (χ4n) is 2.17. The predicted molar refractivity (Wildman–Crippen MR) is 57.6 cm³/mol. The third-order valence-electron chi connectivity index (χ3n) is 3.13. The molecule has 0 radical (unpaired) electrons. The molecule has 2 rings (SSSR count). The third-order valence-corrected chi connectivity index (χ3v) is 3.13. The third kappa shape index (κ3) is 1.59. The van der Waals surface area contributed by atoms with E-state index in [1.165, 1.54) is 11.1 Å². The van der Waals surface area contributed by atoms with Crippen LogP contribution in [0.25, 0.3) is 0 Å². The number of fused-ring (bicyclic) bond motifs is 1. The van der Waals surface area contributed by atoms with E-state index < -0.39 is 0 Å². The summed E-state index contributed by atoms with van der Waals surface area (Å²) in [5.41, 5.74) is 3.40. The van der Waals surface area contributed by atoms with Gasteiger partial charge in [-0.1, -0.05) is 31.0 Å². The van der Waals surface area contributed by atoms with Crippen LogP contribution in [0.2, 0.25) is 0 Å². The van der Waals surface area contributed by atoms with E-state index >= 15 is 0 Å². The van der Waals surface area contributed by atoms with E-state index in [0.717, 1.165) is 24.8 Å². The smallest absolute Gasteiger partial charge is 0.163 e. The number of hydrogen-bond acceptors (Lipinski definition) is 1. The fourth-order valence-corrected chi connectivity index (χ4v) is 2.17. The number of carbonyl (C=O) groups excluding carboxylic acids is 1. The molecule has 0 fully saturated rings. The van der Waals surface area contributed by atoms with E-state index in [9.17, 15) is 4.79 Å². The van der Waals surface area contributed by atoms with Gasteiger partial charge in [0.05, 0.1) is 0 Å². The number of carbonyl (C=O) groups is 1. The van der Waals surface area contributed by atoms with Crippen molar-refractivity contribution in [3.63, 3.8) is 0 Å². The topological polar surface area (TPSA) is 17.1 Å². The highest BCUT2D eigenvalue weighted by Gasteiger charge is 2.23. The van der Waals surface area contributed by atoms with Crippen molar-refractivity contribution in [2.45, 2.75) is 33.1 Å². The zero-order valence-corrected chi connectivity index (χ0v) is 8.84. The van der Waals surface area contributed by atoms with Crippen LogP contribution in [-0.2, 0) is 6.42 Å². The summed E-state index contributed by atoms with van der Waals surface area (Å²) in [6.45, 7) is 4.20. The molecule has 14 heavy (non-hydrogen) atoms. The van der Waals surface area contributed by atoms with Crippen molar-refractivity contribution >= 4 is 5.78 Å². The fraction of sp³-hybridized carbons (Fsp3) is 0.462. The van der Waals surface area contributed by atoms with Crippen LogP contribution in [-0.4, -0.2) is 5.78 Å². The lowest BCUT2D eigenvalue weighted by atomic mass is 9.81. The van der Waals surface area contributed by atoms with Gasteiger partial charge >= 0.3 is 0 Å². The standard InChI is InChI=1S/C13H16O/c1-3-10-7-11-5-4-9(2)6-12(11)13(14)8-10/h4-6,10H,3,7-8H2,1-2H3. The van der Waals surface area contributed by atoms with Crippen molar-refractivity contribution in [2.24, 2.45) is 5.92 Å². The van der Waals surface area contributed by atoms with Crippen LogP contribution in [0.4, 0.5) is 0 Å². The molecular weight excluding hydrogens is 172 g/mol. The van der Waals surface area contributed by atoms with Gasteiger partial charge < -0.3 is 0 Å². The second-order valence-electron chi connectivity index (χ2n) is 4.27. The number of rotatable bonds is 1. The van der Waals surface area contributed by atoms with E-state index in [2.05, 4.69) is 19.1 Å². The van der Waals surface area contributed by atoms with E-state index in [0.29, 0.717) is 11.7 Å². The van der Waals surface area contributed by atoms with Gasteiger partial charge in [0, 0.05) is 12.0 Å². The molecule has 0 N–H and O–H groups in total. The molecule has 1 aliphatic carbocycles. The van der Waals surface area contributed by atoms with Crippen LogP contribution in [0, 0.1) is 12.8 Å². The molecule has 0 aliphatic heterocycles. The zero-order chi connectivity index (χ0) is 10.1. The Morgan fingerprint density at radius 1 is 1.36 bits per heavy atom. The molecule has 0 spiro atoms. The maximum absolute atomic E-state index is 11.8. The Balaban J connectivity index is 2.40. The molecule has 0 aromatic heterocycles. The molecule has 1 nitrogen and oxygen atoms in total. The Morgan fingerprint density at radius 2 is 2.14 bits per heavy atom. The first-order valence-electron chi connectivity index (χ1n) is 5.33. The predicted octanol–water partition coefficient (Wildman–Crippen LogP) is 3.15. The summed E-state index contributed by atoms with van der Waals surface area (Å²) in [4.78, 5) is 11.8. The van der Waals surface area contributed by atoms with E-state index in [-0.39, 0.29) is 0 Å². The lowest BCUT2D eigenvalue weighted by Crippen LogP contribution is -2.19. The summed E-state index contributed by atoms with van der Waals surface area (Å²) >= 11 is 0. The number of benzene rings is 1. The number of ketones is 1. The summed E-state index contributed by atoms with van der Waals surface area (Å²) in [6.07, 6.45) is 2.93. The molecule has 0 saturated heterocycles. The van der Waals surface area contributed by atoms with Crippen molar-refractivity contribution < 1.29 is 4.79 Å². The average Bonchev–Trinajstić information content (AvgIpc) is 2.19. The highest BCUT2D eigenvalue weighted by molar-refractivity contribution is 5.98. The number of hydrogen-bond donors (Lipinski definition) is 0. The SMILES string of the molecule is CCC1CC(=O)c2cc(C)ccc2C1. The first-order valence-corrected chi connectivity index (χ1v) is 5.33. The normalized spacial score (nSPS) is 20.7. The molecule has 1 heteroatoms. The molecule has 1 aromatic carbocycles. The molecule has 1 aliphatic rings. The molecule has 1 atom stereocenters. The lowest BCUT2D eigenvalue weighted by molar-refractivity contribution is 0.0947. The largest absolute Gasteiger partial charge is 0.294 e. The summed E-state index contributed by atoms with van der Waals surface area (Å²) in [5, 5.41) is 0. The number of Topliss-reactive ketones (excluding diaryl/α,β-unsaturated/α-hetero) is 1. The minimum atomic E-state index is 0.335. The van der Waals surface area contributed by atoms with Gasteiger partial charge in [0.15, 0.2) is 5.78 Å². The molecular formula is C13H16O. The Morgan fingerprint density at radius 3 is 2.86 bits per heavy atom. The quantitative estimate of drug-likeness (QED) is 0.661. The van der Waals surface area contributed by atoms with Crippen molar-refractivity contribution in [1.29, 1.82) is 0 Å².